The number of rotatable bonds is 5. The second-order valence-corrected chi connectivity index (χ2v) is 4.84. The normalized spacial score (nSPS) is 10.8. The molecule has 1 aromatic heterocycles. The molecule has 1 rings (SSSR count). The first-order valence-electron chi connectivity index (χ1n) is 5.50. The topological polar surface area (TPSA) is 55.0 Å². The smallest absolute Gasteiger partial charge is 0.191 e. The minimum Gasteiger partial charge on any atom is -0.383 e. The number of hydrogen-bond donors (Lipinski definition) is 1. The van der Waals surface area contributed by atoms with Crippen LogP contribution in [0, 0.1) is 5.92 Å². The summed E-state index contributed by atoms with van der Waals surface area (Å²) < 4.78 is 0. The van der Waals surface area contributed by atoms with Crippen molar-refractivity contribution in [1.82, 2.24) is 9.97 Å². The zero-order valence-corrected chi connectivity index (χ0v) is 11.2. The summed E-state index contributed by atoms with van der Waals surface area (Å²) in [6.45, 7) is 8.44. The SMILES string of the molecule is CCN(CC(C)C)c1cc(N)nc(SC)n1. The largest absolute Gasteiger partial charge is 0.383 e. The molecule has 90 valence electrons. The van der Waals surface area contributed by atoms with Crippen LogP contribution in [0.3, 0.4) is 0 Å². The highest BCUT2D eigenvalue weighted by Gasteiger charge is 2.10. The molecular weight excluding hydrogens is 220 g/mol. The second kappa shape index (κ2) is 5.94. The van der Waals surface area contributed by atoms with Gasteiger partial charge in [-0.05, 0) is 19.1 Å². The van der Waals surface area contributed by atoms with Gasteiger partial charge in [-0.25, -0.2) is 9.97 Å². The van der Waals surface area contributed by atoms with E-state index in [0.29, 0.717) is 11.7 Å². The van der Waals surface area contributed by atoms with Gasteiger partial charge in [0.25, 0.3) is 0 Å². The summed E-state index contributed by atoms with van der Waals surface area (Å²) in [5.41, 5.74) is 5.77. The van der Waals surface area contributed by atoms with Gasteiger partial charge in [-0.3, -0.25) is 0 Å². The van der Waals surface area contributed by atoms with Crippen LogP contribution in [-0.2, 0) is 0 Å². The van der Waals surface area contributed by atoms with Crippen molar-refractivity contribution in [3.05, 3.63) is 6.07 Å². The Balaban J connectivity index is 2.95. The van der Waals surface area contributed by atoms with Gasteiger partial charge in [-0.1, -0.05) is 25.6 Å². The minimum atomic E-state index is 0.538. The highest BCUT2D eigenvalue weighted by Crippen LogP contribution is 2.19. The Bertz CT molecular complexity index is 341. The monoisotopic (exact) mass is 240 g/mol. The fraction of sp³-hybridized carbons (Fsp3) is 0.636. The second-order valence-electron chi connectivity index (χ2n) is 4.07. The number of nitrogens with two attached hydrogens (primary N) is 1. The molecule has 0 bridgehead atoms. The molecule has 1 heterocycles. The summed E-state index contributed by atoms with van der Waals surface area (Å²) in [6.07, 6.45) is 1.96. The maximum absolute atomic E-state index is 5.77. The van der Waals surface area contributed by atoms with Crippen molar-refractivity contribution in [3.8, 4) is 0 Å². The summed E-state index contributed by atoms with van der Waals surface area (Å²) in [7, 11) is 0. The summed E-state index contributed by atoms with van der Waals surface area (Å²) in [6, 6.07) is 1.84. The van der Waals surface area contributed by atoms with E-state index in [2.05, 4.69) is 35.6 Å². The fourth-order valence-corrected chi connectivity index (χ4v) is 1.89. The highest BCUT2D eigenvalue weighted by atomic mass is 32.2. The van der Waals surface area contributed by atoms with Gasteiger partial charge < -0.3 is 10.6 Å². The zero-order valence-electron chi connectivity index (χ0n) is 10.4. The average molecular weight is 240 g/mol. The predicted octanol–water partition coefficient (Wildman–Crippen LogP) is 2.26. The van der Waals surface area contributed by atoms with E-state index >= 15 is 0 Å². The van der Waals surface area contributed by atoms with Gasteiger partial charge in [0.15, 0.2) is 5.16 Å². The summed E-state index contributed by atoms with van der Waals surface area (Å²) >= 11 is 1.52. The molecule has 0 spiro atoms. The molecule has 0 amide bonds. The van der Waals surface area contributed by atoms with Gasteiger partial charge in [0.05, 0.1) is 0 Å². The Kier molecular flexibility index (Phi) is 4.86. The standard InChI is InChI=1S/C11H20N4S/c1-5-15(7-8(2)3)10-6-9(12)13-11(14-10)16-4/h6,8H,5,7H2,1-4H3,(H2,12,13,14). The predicted molar refractivity (Wildman–Crippen MR) is 71.0 cm³/mol. The molecule has 0 aliphatic heterocycles. The Morgan fingerprint density at radius 3 is 2.62 bits per heavy atom. The van der Waals surface area contributed by atoms with Gasteiger partial charge in [0, 0.05) is 19.2 Å². The molecule has 0 atom stereocenters. The maximum atomic E-state index is 5.77. The summed E-state index contributed by atoms with van der Waals surface area (Å²) in [5, 5.41) is 0.734. The molecular formula is C11H20N4S. The molecule has 2 N–H and O–H groups in total. The minimum absolute atomic E-state index is 0.538. The molecule has 0 radical (unpaired) electrons. The van der Waals surface area contributed by atoms with Crippen molar-refractivity contribution >= 4 is 23.4 Å². The third kappa shape index (κ3) is 3.56. The third-order valence-corrected chi connectivity index (χ3v) is 2.73. The van der Waals surface area contributed by atoms with E-state index in [-0.39, 0.29) is 0 Å². The van der Waals surface area contributed by atoms with E-state index in [4.69, 9.17) is 5.73 Å². The lowest BCUT2D eigenvalue weighted by atomic mass is 10.2. The summed E-state index contributed by atoms with van der Waals surface area (Å²) in [4.78, 5) is 10.8. The van der Waals surface area contributed by atoms with E-state index in [1.807, 2.05) is 12.3 Å². The molecule has 1 aromatic rings. The number of nitrogens with zero attached hydrogens (tertiary/aromatic N) is 3. The van der Waals surface area contributed by atoms with E-state index in [1.165, 1.54) is 11.8 Å². The van der Waals surface area contributed by atoms with Gasteiger partial charge in [0.2, 0.25) is 0 Å². The quantitative estimate of drug-likeness (QED) is 0.632. The van der Waals surface area contributed by atoms with E-state index in [9.17, 15) is 0 Å². The van der Waals surface area contributed by atoms with Crippen LogP contribution in [0.2, 0.25) is 0 Å². The highest BCUT2D eigenvalue weighted by molar-refractivity contribution is 7.98. The first kappa shape index (κ1) is 13.1. The molecule has 4 nitrogen and oxygen atoms in total. The molecule has 16 heavy (non-hydrogen) atoms. The van der Waals surface area contributed by atoms with Crippen molar-refractivity contribution in [1.29, 1.82) is 0 Å². The van der Waals surface area contributed by atoms with Crippen molar-refractivity contribution in [2.24, 2.45) is 5.92 Å². The van der Waals surface area contributed by atoms with Gasteiger partial charge >= 0.3 is 0 Å². The molecule has 0 unspecified atom stereocenters. The van der Waals surface area contributed by atoms with Gasteiger partial charge in [0.1, 0.15) is 11.6 Å². The molecule has 0 saturated carbocycles. The molecule has 0 fully saturated rings. The average Bonchev–Trinajstić information content (AvgIpc) is 2.24. The van der Waals surface area contributed by atoms with Crippen molar-refractivity contribution in [2.45, 2.75) is 25.9 Å². The van der Waals surface area contributed by atoms with E-state index in [0.717, 1.165) is 24.1 Å². The molecule has 0 aromatic carbocycles. The van der Waals surface area contributed by atoms with Crippen LogP contribution in [0.25, 0.3) is 0 Å². The van der Waals surface area contributed by atoms with E-state index in [1.54, 1.807) is 0 Å². The maximum Gasteiger partial charge on any atom is 0.191 e. The van der Waals surface area contributed by atoms with E-state index < -0.39 is 0 Å². The van der Waals surface area contributed by atoms with Crippen LogP contribution < -0.4 is 10.6 Å². The molecule has 5 heteroatoms. The zero-order chi connectivity index (χ0) is 12.1. The lowest BCUT2D eigenvalue weighted by molar-refractivity contribution is 0.612. The van der Waals surface area contributed by atoms with Crippen molar-refractivity contribution in [3.63, 3.8) is 0 Å². The van der Waals surface area contributed by atoms with Crippen LogP contribution in [0.1, 0.15) is 20.8 Å². The molecule has 0 aliphatic carbocycles. The Morgan fingerprint density at radius 2 is 2.12 bits per heavy atom. The van der Waals surface area contributed by atoms with Crippen LogP contribution in [0.4, 0.5) is 11.6 Å². The fourth-order valence-electron chi connectivity index (χ4n) is 1.51. The van der Waals surface area contributed by atoms with Crippen LogP contribution in [-0.4, -0.2) is 29.3 Å². The number of anilines is 2. The third-order valence-electron chi connectivity index (χ3n) is 2.19. The molecule has 0 aliphatic rings. The van der Waals surface area contributed by atoms with Crippen LogP contribution in [0.5, 0.6) is 0 Å². The van der Waals surface area contributed by atoms with Crippen molar-refractivity contribution in [2.75, 3.05) is 30.0 Å². The molecule has 0 saturated heterocycles. The number of hydrogen-bond acceptors (Lipinski definition) is 5. The van der Waals surface area contributed by atoms with Crippen molar-refractivity contribution < 1.29 is 0 Å². The van der Waals surface area contributed by atoms with Gasteiger partial charge in [-0.15, -0.1) is 0 Å². The Labute approximate surface area is 102 Å². The Hall–Kier alpha value is -0.970. The van der Waals surface area contributed by atoms with Crippen LogP contribution >= 0.6 is 11.8 Å². The lowest BCUT2D eigenvalue weighted by Crippen LogP contribution is -2.28. The first-order valence-corrected chi connectivity index (χ1v) is 6.72. The van der Waals surface area contributed by atoms with Gasteiger partial charge in [-0.2, -0.15) is 0 Å². The first-order chi connectivity index (χ1) is 7.56. The number of thioether (sulfide) groups is 1. The van der Waals surface area contributed by atoms with Crippen LogP contribution in [0.15, 0.2) is 11.2 Å². The number of aromatic nitrogens is 2. The Morgan fingerprint density at radius 1 is 1.44 bits per heavy atom. The number of nitrogen functional groups attached to an aromatic ring is 1. The summed E-state index contributed by atoms with van der Waals surface area (Å²) in [5.74, 6) is 2.07. The lowest BCUT2D eigenvalue weighted by Gasteiger charge is -2.24.